The van der Waals surface area contributed by atoms with Gasteiger partial charge in [-0.2, -0.15) is 0 Å². The van der Waals surface area contributed by atoms with E-state index in [9.17, 15) is 9.90 Å². The third-order valence-corrected chi connectivity index (χ3v) is 5.33. The Labute approximate surface area is 152 Å². The van der Waals surface area contributed by atoms with Crippen LogP contribution < -0.4 is 0 Å². The lowest BCUT2D eigenvalue weighted by atomic mass is 9.89. The Morgan fingerprint density at radius 3 is 2.72 bits per heavy atom. The average Bonchev–Trinajstić information content (AvgIpc) is 3.11. The van der Waals surface area contributed by atoms with Crippen LogP contribution >= 0.6 is 11.3 Å². The van der Waals surface area contributed by atoms with Gasteiger partial charge in [-0.15, -0.1) is 11.3 Å². The average molecular weight is 360 g/mol. The van der Waals surface area contributed by atoms with Gasteiger partial charge in [-0.25, -0.2) is 4.98 Å². The van der Waals surface area contributed by atoms with Gasteiger partial charge < -0.3 is 14.9 Å². The minimum Gasteiger partial charge on any atom is -0.396 e. The molecule has 0 radical (unpaired) electrons. The fourth-order valence-corrected chi connectivity index (χ4v) is 4.23. The van der Waals surface area contributed by atoms with Crippen LogP contribution in [0.25, 0.3) is 10.6 Å². The van der Waals surface area contributed by atoms with Crippen molar-refractivity contribution < 1.29 is 9.90 Å². The zero-order valence-electron chi connectivity index (χ0n) is 14.6. The first-order valence-corrected chi connectivity index (χ1v) is 9.35. The number of rotatable bonds is 5. The van der Waals surface area contributed by atoms with Gasteiger partial charge in [0.1, 0.15) is 10.7 Å². The monoisotopic (exact) mass is 360 g/mol. The van der Waals surface area contributed by atoms with Crippen LogP contribution in [0.2, 0.25) is 0 Å². The van der Waals surface area contributed by atoms with E-state index in [1.807, 2.05) is 36.5 Å². The largest absolute Gasteiger partial charge is 0.396 e. The molecule has 0 spiro atoms. The Morgan fingerprint density at radius 2 is 2.04 bits per heavy atom. The van der Waals surface area contributed by atoms with Crippen molar-refractivity contribution in [2.75, 3.05) is 40.3 Å². The Hall–Kier alpha value is -1.83. The van der Waals surface area contributed by atoms with Crippen LogP contribution in [-0.4, -0.2) is 71.1 Å². The first-order valence-electron chi connectivity index (χ1n) is 8.47. The number of thiazole rings is 1. The maximum atomic E-state index is 12.9. The summed E-state index contributed by atoms with van der Waals surface area (Å²) in [7, 11) is 4.08. The molecule has 0 aliphatic carbocycles. The van der Waals surface area contributed by atoms with Crippen molar-refractivity contribution in [1.29, 1.82) is 0 Å². The summed E-state index contributed by atoms with van der Waals surface area (Å²) in [4.78, 5) is 25.4. The summed E-state index contributed by atoms with van der Waals surface area (Å²) in [5.74, 6) is 0.475. The highest BCUT2D eigenvalue weighted by Gasteiger charge is 2.31. The van der Waals surface area contributed by atoms with Crippen LogP contribution in [0, 0.1) is 11.8 Å². The summed E-state index contributed by atoms with van der Waals surface area (Å²) in [6.07, 6.45) is 4.40. The van der Waals surface area contributed by atoms with E-state index in [1.165, 1.54) is 11.3 Å². The molecule has 2 aromatic heterocycles. The van der Waals surface area contributed by atoms with Gasteiger partial charge in [0.15, 0.2) is 0 Å². The molecule has 1 fully saturated rings. The predicted molar refractivity (Wildman–Crippen MR) is 98.5 cm³/mol. The molecular weight excluding hydrogens is 336 g/mol. The number of aliphatic hydroxyl groups is 1. The number of pyridine rings is 1. The van der Waals surface area contributed by atoms with Gasteiger partial charge in [-0.3, -0.25) is 9.78 Å². The number of hydrogen-bond acceptors (Lipinski definition) is 6. The lowest BCUT2D eigenvalue weighted by molar-refractivity contribution is 0.0473. The van der Waals surface area contributed by atoms with E-state index in [4.69, 9.17) is 0 Å². The lowest BCUT2D eigenvalue weighted by Gasteiger charge is -2.38. The Balaban J connectivity index is 1.74. The van der Waals surface area contributed by atoms with Crippen molar-refractivity contribution in [1.82, 2.24) is 19.8 Å². The fraction of sp³-hybridized carbons (Fsp3) is 0.500. The zero-order chi connectivity index (χ0) is 17.8. The molecule has 7 heteroatoms. The second kappa shape index (κ2) is 8.03. The molecule has 1 saturated heterocycles. The molecule has 25 heavy (non-hydrogen) atoms. The van der Waals surface area contributed by atoms with E-state index in [0.29, 0.717) is 18.2 Å². The molecular formula is C18H24N4O2S. The molecule has 6 nitrogen and oxygen atoms in total. The number of likely N-dealkylation sites (tertiary alicyclic amines) is 1. The van der Waals surface area contributed by atoms with Crippen molar-refractivity contribution in [2.45, 2.75) is 6.42 Å². The predicted octanol–water partition coefficient (Wildman–Crippen LogP) is 1.84. The number of nitrogens with zero attached hydrogens (tertiary/aromatic N) is 4. The van der Waals surface area contributed by atoms with Gasteiger partial charge in [0.25, 0.3) is 5.91 Å². The molecule has 1 aliphatic heterocycles. The van der Waals surface area contributed by atoms with Crippen molar-refractivity contribution in [3.63, 3.8) is 0 Å². The Kier molecular flexibility index (Phi) is 5.78. The quantitative estimate of drug-likeness (QED) is 0.881. The van der Waals surface area contributed by atoms with Crippen molar-refractivity contribution in [3.05, 3.63) is 35.6 Å². The first-order chi connectivity index (χ1) is 12.1. The summed E-state index contributed by atoms with van der Waals surface area (Å²) in [5, 5.41) is 12.2. The molecule has 2 atom stereocenters. The number of piperidine rings is 1. The molecule has 0 bridgehead atoms. The number of aromatic nitrogens is 2. The van der Waals surface area contributed by atoms with E-state index in [0.717, 1.165) is 30.1 Å². The second-order valence-corrected chi connectivity index (χ2v) is 7.75. The number of aliphatic hydroxyl groups excluding tert-OH is 1. The molecule has 1 aliphatic rings. The molecule has 3 rings (SSSR count). The third kappa shape index (κ3) is 4.42. The normalized spacial score (nSPS) is 20.9. The number of amides is 1. The Bertz CT molecular complexity index is 704. The maximum absolute atomic E-state index is 12.9. The topological polar surface area (TPSA) is 69.6 Å². The SMILES string of the molecule is CN(C)C[C@H]1C[C@H](CO)CN(C(=O)c2csc(-c3ccncc3)n2)C1. The third-order valence-electron chi connectivity index (χ3n) is 4.44. The number of carbonyl (C=O) groups is 1. The van der Waals surface area contributed by atoms with E-state index in [2.05, 4.69) is 14.9 Å². The van der Waals surface area contributed by atoms with E-state index in [-0.39, 0.29) is 18.4 Å². The molecule has 2 aromatic rings. The van der Waals surface area contributed by atoms with Gasteiger partial charge in [-0.1, -0.05) is 0 Å². The molecule has 1 N–H and O–H groups in total. The van der Waals surface area contributed by atoms with Crippen molar-refractivity contribution in [3.8, 4) is 10.6 Å². The first kappa shape index (κ1) is 18.0. The summed E-state index contributed by atoms with van der Waals surface area (Å²) in [6.45, 7) is 2.35. The number of hydrogen-bond donors (Lipinski definition) is 1. The zero-order valence-corrected chi connectivity index (χ0v) is 15.4. The van der Waals surface area contributed by atoms with Gasteiger partial charge in [0.2, 0.25) is 0 Å². The van der Waals surface area contributed by atoms with Gasteiger partial charge in [0, 0.05) is 49.6 Å². The van der Waals surface area contributed by atoms with E-state index >= 15 is 0 Å². The lowest BCUT2D eigenvalue weighted by Crippen LogP contribution is -2.47. The molecule has 0 aromatic carbocycles. The minimum atomic E-state index is -0.0431. The molecule has 3 heterocycles. The molecule has 0 unspecified atom stereocenters. The standard InChI is InChI=1S/C18H24N4O2S/c1-21(2)8-13-7-14(11-23)10-22(9-13)18(24)16-12-25-17(20-16)15-3-5-19-6-4-15/h3-6,12-14,23H,7-11H2,1-2H3/t13-,14+/m1/s1. The smallest absolute Gasteiger partial charge is 0.273 e. The van der Waals surface area contributed by atoms with E-state index in [1.54, 1.807) is 12.4 Å². The van der Waals surface area contributed by atoms with Crippen LogP contribution in [0.15, 0.2) is 29.9 Å². The summed E-state index contributed by atoms with van der Waals surface area (Å²) < 4.78 is 0. The van der Waals surface area contributed by atoms with Crippen LogP contribution in [0.3, 0.4) is 0 Å². The van der Waals surface area contributed by atoms with Gasteiger partial charge in [-0.05, 0) is 44.5 Å². The van der Waals surface area contributed by atoms with Crippen LogP contribution in [0.1, 0.15) is 16.9 Å². The second-order valence-electron chi connectivity index (χ2n) is 6.90. The Morgan fingerprint density at radius 1 is 1.32 bits per heavy atom. The summed E-state index contributed by atoms with van der Waals surface area (Å²) >= 11 is 1.47. The number of carbonyl (C=O) groups excluding carboxylic acids is 1. The minimum absolute atomic E-state index is 0.0431. The van der Waals surface area contributed by atoms with Gasteiger partial charge >= 0.3 is 0 Å². The fourth-order valence-electron chi connectivity index (χ4n) is 3.43. The van der Waals surface area contributed by atoms with Crippen molar-refractivity contribution in [2.24, 2.45) is 11.8 Å². The molecule has 0 saturated carbocycles. The highest BCUT2D eigenvalue weighted by atomic mass is 32.1. The summed E-state index contributed by atoms with van der Waals surface area (Å²) in [5.41, 5.74) is 1.45. The summed E-state index contributed by atoms with van der Waals surface area (Å²) in [6, 6.07) is 3.78. The van der Waals surface area contributed by atoms with Crippen LogP contribution in [0.4, 0.5) is 0 Å². The van der Waals surface area contributed by atoms with Crippen LogP contribution in [-0.2, 0) is 0 Å². The highest BCUT2D eigenvalue weighted by Crippen LogP contribution is 2.26. The molecule has 1 amide bonds. The van der Waals surface area contributed by atoms with Crippen LogP contribution in [0.5, 0.6) is 0 Å². The highest BCUT2D eigenvalue weighted by molar-refractivity contribution is 7.13. The van der Waals surface area contributed by atoms with Gasteiger partial charge in [0.05, 0.1) is 0 Å². The molecule has 134 valence electrons. The van der Waals surface area contributed by atoms with Crippen molar-refractivity contribution >= 4 is 17.2 Å². The maximum Gasteiger partial charge on any atom is 0.273 e. The van der Waals surface area contributed by atoms with E-state index < -0.39 is 0 Å².